The Kier molecular flexibility index (Phi) is 2.96. The SMILES string of the molecule is CC(Cl)c1nc2ccc(C#N)cc2n1C1(C(F)(F)F)CC1. The number of benzene rings is 1. The largest absolute Gasteiger partial charge is 0.412 e. The molecule has 1 fully saturated rings. The smallest absolute Gasteiger partial charge is 0.311 e. The lowest BCUT2D eigenvalue weighted by Gasteiger charge is -2.24. The highest BCUT2D eigenvalue weighted by molar-refractivity contribution is 6.20. The second kappa shape index (κ2) is 4.38. The maximum atomic E-state index is 13.5. The number of aromatic nitrogens is 2. The Morgan fingerprint density at radius 2 is 2.10 bits per heavy atom. The molecule has 1 saturated carbocycles. The molecule has 2 aromatic rings. The topological polar surface area (TPSA) is 41.6 Å². The summed E-state index contributed by atoms with van der Waals surface area (Å²) < 4.78 is 41.6. The average molecular weight is 314 g/mol. The molecule has 0 spiro atoms. The molecule has 1 heterocycles. The normalized spacial score (nSPS) is 18.5. The Morgan fingerprint density at radius 3 is 2.57 bits per heavy atom. The van der Waals surface area contributed by atoms with Crippen molar-refractivity contribution in [2.45, 2.75) is 36.9 Å². The number of hydrogen-bond donors (Lipinski definition) is 0. The van der Waals surface area contributed by atoms with Crippen LogP contribution in [0.2, 0.25) is 0 Å². The monoisotopic (exact) mass is 313 g/mol. The third-order valence-corrected chi connectivity index (χ3v) is 4.04. The second-order valence-electron chi connectivity index (χ2n) is 5.27. The van der Waals surface area contributed by atoms with Crippen molar-refractivity contribution >= 4 is 22.6 Å². The molecule has 0 radical (unpaired) electrons. The van der Waals surface area contributed by atoms with E-state index in [0.29, 0.717) is 16.6 Å². The lowest BCUT2D eigenvalue weighted by molar-refractivity contribution is -0.179. The number of halogens is 4. The van der Waals surface area contributed by atoms with Crippen LogP contribution < -0.4 is 0 Å². The van der Waals surface area contributed by atoms with Crippen molar-refractivity contribution in [3.8, 4) is 6.07 Å². The summed E-state index contributed by atoms with van der Waals surface area (Å²) in [6.45, 7) is 1.59. The van der Waals surface area contributed by atoms with Crippen LogP contribution in [0, 0.1) is 11.3 Å². The van der Waals surface area contributed by atoms with E-state index < -0.39 is 17.1 Å². The highest BCUT2D eigenvalue weighted by Gasteiger charge is 2.66. The Hall–Kier alpha value is -1.74. The Labute approximate surface area is 123 Å². The highest BCUT2D eigenvalue weighted by atomic mass is 35.5. The summed E-state index contributed by atoms with van der Waals surface area (Å²) in [5.74, 6) is 0.191. The number of alkyl halides is 4. The minimum absolute atomic E-state index is 0.00928. The number of nitrogens with zero attached hydrogens (tertiary/aromatic N) is 3. The maximum Gasteiger partial charge on any atom is 0.412 e. The van der Waals surface area contributed by atoms with Crippen molar-refractivity contribution in [1.82, 2.24) is 9.55 Å². The molecular weight excluding hydrogens is 303 g/mol. The van der Waals surface area contributed by atoms with Crippen molar-refractivity contribution in [3.63, 3.8) is 0 Å². The second-order valence-corrected chi connectivity index (χ2v) is 5.92. The summed E-state index contributed by atoms with van der Waals surface area (Å²) in [6, 6.07) is 6.47. The summed E-state index contributed by atoms with van der Waals surface area (Å²) in [6.07, 6.45) is -4.35. The zero-order valence-electron chi connectivity index (χ0n) is 11.1. The third kappa shape index (κ3) is 1.99. The zero-order chi connectivity index (χ0) is 15.4. The summed E-state index contributed by atoms with van der Waals surface area (Å²) >= 11 is 6.02. The van der Waals surface area contributed by atoms with Gasteiger partial charge in [0.15, 0.2) is 0 Å². The van der Waals surface area contributed by atoms with Gasteiger partial charge in [0, 0.05) is 0 Å². The predicted octanol–water partition coefficient (Wildman–Crippen LogP) is 4.26. The Morgan fingerprint density at radius 1 is 1.43 bits per heavy atom. The van der Waals surface area contributed by atoms with E-state index in [-0.39, 0.29) is 18.7 Å². The summed E-state index contributed by atoms with van der Waals surface area (Å²) in [5, 5.41) is 8.30. The predicted molar refractivity (Wildman–Crippen MR) is 72.0 cm³/mol. The van der Waals surface area contributed by atoms with E-state index in [2.05, 4.69) is 4.98 Å². The molecule has 0 N–H and O–H groups in total. The summed E-state index contributed by atoms with van der Waals surface area (Å²) in [5.41, 5.74) is -0.900. The van der Waals surface area contributed by atoms with E-state index in [4.69, 9.17) is 16.9 Å². The van der Waals surface area contributed by atoms with Crippen LogP contribution in [0.25, 0.3) is 11.0 Å². The lowest BCUT2D eigenvalue weighted by atomic mass is 10.2. The molecular formula is C14H11ClF3N3. The van der Waals surface area contributed by atoms with Gasteiger partial charge in [-0.1, -0.05) is 0 Å². The van der Waals surface area contributed by atoms with Gasteiger partial charge in [-0.05, 0) is 38.0 Å². The van der Waals surface area contributed by atoms with Crippen LogP contribution in [0.3, 0.4) is 0 Å². The average Bonchev–Trinajstić information content (AvgIpc) is 3.13. The van der Waals surface area contributed by atoms with Crippen LogP contribution in [0.15, 0.2) is 18.2 Å². The van der Waals surface area contributed by atoms with Crippen LogP contribution >= 0.6 is 11.6 Å². The third-order valence-electron chi connectivity index (χ3n) is 3.84. The van der Waals surface area contributed by atoms with Crippen LogP contribution in [-0.4, -0.2) is 15.7 Å². The number of rotatable bonds is 2. The standard InChI is InChI=1S/C14H11ClF3N3/c1-8(15)12-20-10-3-2-9(7-19)6-11(10)21(12)13(4-5-13)14(16,17)18/h2-3,6,8H,4-5H2,1H3. The first kappa shape index (κ1) is 14.2. The first-order chi connectivity index (χ1) is 9.80. The summed E-state index contributed by atoms with van der Waals surface area (Å²) in [7, 11) is 0. The number of imidazole rings is 1. The van der Waals surface area contributed by atoms with Gasteiger partial charge in [-0.2, -0.15) is 18.4 Å². The quantitative estimate of drug-likeness (QED) is 0.777. The minimum Gasteiger partial charge on any atom is -0.311 e. The van der Waals surface area contributed by atoms with Gasteiger partial charge in [-0.25, -0.2) is 4.98 Å². The van der Waals surface area contributed by atoms with Crippen LogP contribution in [0.5, 0.6) is 0 Å². The minimum atomic E-state index is -4.37. The van der Waals surface area contributed by atoms with E-state index in [1.165, 1.54) is 16.7 Å². The van der Waals surface area contributed by atoms with Gasteiger partial charge in [0.1, 0.15) is 11.4 Å². The first-order valence-electron chi connectivity index (χ1n) is 6.44. The van der Waals surface area contributed by atoms with Gasteiger partial charge < -0.3 is 4.57 Å². The highest BCUT2D eigenvalue weighted by Crippen LogP contribution is 2.57. The molecule has 3 nitrogen and oxygen atoms in total. The van der Waals surface area contributed by atoms with Crippen molar-refractivity contribution < 1.29 is 13.2 Å². The molecule has 1 aliphatic rings. The molecule has 110 valence electrons. The van der Waals surface area contributed by atoms with Crippen molar-refractivity contribution in [2.24, 2.45) is 0 Å². The van der Waals surface area contributed by atoms with Crippen LogP contribution in [0.1, 0.15) is 36.5 Å². The molecule has 1 aliphatic carbocycles. The fraction of sp³-hybridized carbons (Fsp3) is 0.429. The van der Waals surface area contributed by atoms with Gasteiger partial charge >= 0.3 is 6.18 Å². The van der Waals surface area contributed by atoms with Gasteiger partial charge in [0.2, 0.25) is 0 Å². The Bertz CT molecular complexity index is 751. The molecule has 1 atom stereocenters. The lowest BCUT2D eigenvalue weighted by Crippen LogP contribution is -2.36. The molecule has 0 bridgehead atoms. The van der Waals surface area contributed by atoms with Crippen molar-refractivity contribution in [2.75, 3.05) is 0 Å². The van der Waals surface area contributed by atoms with E-state index in [1.807, 2.05) is 6.07 Å². The fourth-order valence-corrected chi connectivity index (χ4v) is 2.78. The first-order valence-corrected chi connectivity index (χ1v) is 6.87. The van der Waals surface area contributed by atoms with E-state index >= 15 is 0 Å². The molecule has 21 heavy (non-hydrogen) atoms. The van der Waals surface area contributed by atoms with Crippen LogP contribution in [0.4, 0.5) is 13.2 Å². The molecule has 0 amide bonds. The van der Waals surface area contributed by atoms with E-state index in [9.17, 15) is 13.2 Å². The van der Waals surface area contributed by atoms with Crippen LogP contribution in [-0.2, 0) is 5.54 Å². The fourth-order valence-electron chi connectivity index (χ4n) is 2.63. The molecule has 0 aliphatic heterocycles. The molecule has 1 aromatic heterocycles. The van der Waals surface area contributed by atoms with Crippen molar-refractivity contribution in [1.29, 1.82) is 5.26 Å². The molecule has 0 saturated heterocycles. The van der Waals surface area contributed by atoms with Gasteiger partial charge in [0.05, 0.1) is 28.0 Å². The number of nitriles is 1. The maximum absolute atomic E-state index is 13.5. The van der Waals surface area contributed by atoms with Crippen molar-refractivity contribution in [3.05, 3.63) is 29.6 Å². The molecule has 1 unspecified atom stereocenters. The molecule has 7 heteroatoms. The Balaban J connectivity index is 2.34. The molecule has 3 rings (SSSR count). The van der Waals surface area contributed by atoms with E-state index in [1.54, 1.807) is 13.0 Å². The number of fused-ring (bicyclic) bond motifs is 1. The summed E-state index contributed by atoms with van der Waals surface area (Å²) in [4.78, 5) is 4.23. The van der Waals surface area contributed by atoms with E-state index in [0.717, 1.165) is 0 Å². The molecule has 1 aromatic carbocycles. The van der Waals surface area contributed by atoms with Gasteiger partial charge in [0.25, 0.3) is 0 Å². The zero-order valence-corrected chi connectivity index (χ0v) is 11.8. The van der Waals surface area contributed by atoms with Gasteiger partial charge in [-0.15, -0.1) is 11.6 Å². The number of hydrogen-bond acceptors (Lipinski definition) is 2. The van der Waals surface area contributed by atoms with Gasteiger partial charge in [-0.3, -0.25) is 0 Å².